The minimum atomic E-state index is -0.742. The first kappa shape index (κ1) is 23.1. The molecule has 0 saturated carbocycles. The predicted molar refractivity (Wildman–Crippen MR) is 131 cm³/mol. The first-order valence-corrected chi connectivity index (χ1v) is 12.0. The lowest BCUT2D eigenvalue weighted by Crippen LogP contribution is -2.58. The van der Waals surface area contributed by atoms with Gasteiger partial charge in [0.1, 0.15) is 17.0 Å². The minimum absolute atomic E-state index is 0.146. The van der Waals surface area contributed by atoms with Crippen LogP contribution >= 0.6 is 0 Å². The van der Waals surface area contributed by atoms with Gasteiger partial charge in [-0.2, -0.15) is 5.26 Å². The Bertz CT molecular complexity index is 1250. The van der Waals surface area contributed by atoms with Crippen LogP contribution in [-0.2, 0) is 23.4 Å². The second-order valence-electron chi connectivity index (χ2n) is 9.56. The number of likely N-dealkylation sites (tertiary alicyclic amines) is 1. The summed E-state index contributed by atoms with van der Waals surface area (Å²) in [4.78, 5) is 17.4. The number of halogens is 1. The number of rotatable bonds is 5. The zero-order valence-corrected chi connectivity index (χ0v) is 19.8. The van der Waals surface area contributed by atoms with E-state index in [0.29, 0.717) is 24.0 Å². The van der Waals surface area contributed by atoms with E-state index in [9.17, 15) is 9.18 Å². The molecule has 0 radical (unpaired) electrons. The van der Waals surface area contributed by atoms with Crippen LogP contribution in [0.15, 0.2) is 78.9 Å². The molecule has 2 saturated heterocycles. The third-order valence-corrected chi connectivity index (χ3v) is 7.71. The monoisotopic (exact) mass is 469 g/mol. The second kappa shape index (κ2) is 9.16. The van der Waals surface area contributed by atoms with Gasteiger partial charge in [0.25, 0.3) is 0 Å². The van der Waals surface area contributed by atoms with Crippen LogP contribution in [0.3, 0.4) is 0 Å². The molecule has 5 nitrogen and oxygen atoms in total. The van der Waals surface area contributed by atoms with E-state index in [1.807, 2.05) is 54.6 Å². The van der Waals surface area contributed by atoms with Crippen molar-refractivity contribution in [1.29, 1.82) is 5.26 Å². The summed E-state index contributed by atoms with van der Waals surface area (Å²) in [6, 6.07) is 26.4. The SMILES string of the molecule is CC1(c2ccccc2)N(Cc2ccccc2F)C(=O)OC12CCN(Cc1ccc(C#N)cc1)CC2. The van der Waals surface area contributed by atoms with Gasteiger partial charge in [-0.05, 0) is 36.2 Å². The van der Waals surface area contributed by atoms with E-state index < -0.39 is 17.2 Å². The molecular formula is C29H28FN3O2. The molecule has 0 aromatic heterocycles. The molecule has 178 valence electrons. The number of hydrogen-bond donors (Lipinski definition) is 0. The highest BCUT2D eigenvalue weighted by atomic mass is 19.1. The average Bonchev–Trinajstić information content (AvgIpc) is 3.09. The van der Waals surface area contributed by atoms with Crippen LogP contribution in [0.25, 0.3) is 0 Å². The Morgan fingerprint density at radius 1 is 0.943 bits per heavy atom. The summed E-state index contributed by atoms with van der Waals surface area (Å²) in [6.07, 6.45) is 0.947. The largest absolute Gasteiger partial charge is 0.440 e. The van der Waals surface area contributed by atoms with Gasteiger partial charge in [0.2, 0.25) is 0 Å². The van der Waals surface area contributed by atoms with Gasteiger partial charge in [0, 0.05) is 38.0 Å². The van der Waals surface area contributed by atoms with Crippen molar-refractivity contribution in [3.8, 4) is 6.07 Å². The van der Waals surface area contributed by atoms with Gasteiger partial charge in [-0.1, -0.05) is 60.7 Å². The van der Waals surface area contributed by atoms with Crippen LogP contribution < -0.4 is 0 Å². The van der Waals surface area contributed by atoms with Gasteiger partial charge in [0.15, 0.2) is 0 Å². The van der Waals surface area contributed by atoms with E-state index in [4.69, 9.17) is 10.00 Å². The van der Waals surface area contributed by atoms with Crippen LogP contribution in [0.4, 0.5) is 9.18 Å². The second-order valence-corrected chi connectivity index (χ2v) is 9.56. The molecular weight excluding hydrogens is 441 g/mol. The van der Waals surface area contributed by atoms with Crippen LogP contribution in [0.1, 0.15) is 42.0 Å². The first-order chi connectivity index (χ1) is 16.9. The molecule has 0 bridgehead atoms. The highest BCUT2D eigenvalue weighted by Gasteiger charge is 2.63. The third kappa shape index (κ3) is 4.06. The van der Waals surface area contributed by atoms with E-state index in [1.165, 1.54) is 6.07 Å². The van der Waals surface area contributed by atoms with Crippen LogP contribution in [0, 0.1) is 17.1 Å². The van der Waals surface area contributed by atoms with Gasteiger partial charge in [-0.15, -0.1) is 0 Å². The first-order valence-electron chi connectivity index (χ1n) is 12.0. The van der Waals surface area contributed by atoms with Crippen molar-refractivity contribution >= 4 is 6.09 Å². The molecule has 5 rings (SSSR count). The summed E-state index contributed by atoms with van der Waals surface area (Å²) >= 11 is 0. The third-order valence-electron chi connectivity index (χ3n) is 7.71. The summed E-state index contributed by atoms with van der Waals surface area (Å²) in [5, 5.41) is 9.04. The van der Waals surface area contributed by atoms with Crippen molar-refractivity contribution in [2.75, 3.05) is 13.1 Å². The molecule has 2 aliphatic heterocycles. The fourth-order valence-electron chi connectivity index (χ4n) is 5.56. The van der Waals surface area contributed by atoms with Gasteiger partial charge in [-0.3, -0.25) is 9.80 Å². The maximum atomic E-state index is 14.6. The number of piperidine rings is 1. The topological polar surface area (TPSA) is 56.6 Å². The summed E-state index contributed by atoms with van der Waals surface area (Å²) in [7, 11) is 0. The van der Waals surface area contributed by atoms with Crippen molar-refractivity contribution in [3.63, 3.8) is 0 Å². The number of nitriles is 1. The lowest BCUT2D eigenvalue weighted by atomic mass is 9.70. The number of benzene rings is 3. The molecule has 0 aliphatic carbocycles. The lowest BCUT2D eigenvalue weighted by molar-refractivity contribution is -0.0614. The Kier molecular flexibility index (Phi) is 6.04. The highest BCUT2D eigenvalue weighted by molar-refractivity contribution is 5.74. The Morgan fingerprint density at radius 2 is 1.60 bits per heavy atom. The van der Waals surface area contributed by atoms with Crippen molar-refractivity contribution in [3.05, 3.63) is 107 Å². The average molecular weight is 470 g/mol. The number of hydrogen-bond acceptors (Lipinski definition) is 4. The normalized spacial score (nSPS) is 21.6. The van der Waals surface area contributed by atoms with E-state index in [0.717, 1.165) is 30.8 Å². The molecule has 1 amide bonds. The Morgan fingerprint density at radius 3 is 2.26 bits per heavy atom. The highest BCUT2D eigenvalue weighted by Crippen LogP contribution is 2.52. The number of amides is 1. The molecule has 1 spiro atoms. The van der Waals surface area contributed by atoms with Crippen molar-refractivity contribution in [1.82, 2.24) is 9.80 Å². The molecule has 1 unspecified atom stereocenters. The van der Waals surface area contributed by atoms with Crippen LogP contribution in [0.5, 0.6) is 0 Å². The van der Waals surface area contributed by atoms with E-state index >= 15 is 0 Å². The Hall–Kier alpha value is -3.69. The number of carbonyl (C=O) groups excluding carboxylic acids is 1. The molecule has 2 heterocycles. The molecule has 0 N–H and O–H groups in total. The Labute approximate surface area is 205 Å². The van der Waals surface area contributed by atoms with Gasteiger partial charge < -0.3 is 4.74 Å². The fraction of sp³-hybridized carbons (Fsp3) is 0.310. The predicted octanol–water partition coefficient (Wildman–Crippen LogP) is 5.60. The van der Waals surface area contributed by atoms with E-state index in [-0.39, 0.29) is 12.4 Å². The lowest BCUT2D eigenvalue weighted by Gasteiger charge is -2.48. The number of ether oxygens (including phenoxy) is 1. The summed E-state index contributed by atoms with van der Waals surface area (Å²) < 4.78 is 20.8. The standard InChI is InChI=1S/C29H28FN3O2/c1-28(25-8-3-2-4-9-25)29(35-27(34)33(28)21-24-7-5-6-10-26(24)30)15-17-32(18-16-29)20-23-13-11-22(19-31)12-14-23/h2-14H,15-18,20-21H2,1H3. The molecule has 35 heavy (non-hydrogen) atoms. The van der Waals surface area contributed by atoms with Crippen LogP contribution in [0.2, 0.25) is 0 Å². The van der Waals surface area contributed by atoms with Crippen molar-refractivity contribution in [2.45, 2.75) is 44.0 Å². The number of carbonyl (C=O) groups is 1. The summed E-state index contributed by atoms with van der Waals surface area (Å²) in [6.45, 7) is 4.52. The molecule has 3 aromatic carbocycles. The van der Waals surface area contributed by atoms with Gasteiger partial charge >= 0.3 is 6.09 Å². The zero-order valence-electron chi connectivity index (χ0n) is 19.8. The molecule has 2 aliphatic rings. The maximum absolute atomic E-state index is 14.6. The van der Waals surface area contributed by atoms with Gasteiger partial charge in [-0.25, -0.2) is 9.18 Å². The van der Waals surface area contributed by atoms with Gasteiger partial charge in [0.05, 0.1) is 18.2 Å². The Balaban J connectivity index is 1.42. The number of nitrogens with zero attached hydrogens (tertiary/aromatic N) is 3. The molecule has 2 fully saturated rings. The van der Waals surface area contributed by atoms with Crippen LogP contribution in [-0.4, -0.2) is 34.6 Å². The zero-order chi connectivity index (χ0) is 24.5. The molecule has 3 aromatic rings. The van der Waals surface area contributed by atoms with Crippen molar-refractivity contribution < 1.29 is 13.9 Å². The molecule has 1 atom stereocenters. The van der Waals surface area contributed by atoms with E-state index in [1.54, 1.807) is 23.1 Å². The summed E-state index contributed by atoms with van der Waals surface area (Å²) in [5.41, 5.74) is 1.81. The quantitative estimate of drug-likeness (QED) is 0.488. The fourth-order valence-corrected chi connectivity index (χ4v) is 5.56. The minimum Gasteiger partial charge on any atom is -0.440 e. The van der Waals surface area contributed by atoms with E-state index in [2.05, 4.69) is 17.9 Å². The summed E-state index contributed by atoms with van der Waals surface area (Å²) in [5.74, 6) is -0.325. The smallest absolute Gasteiger partial charge is 0.411 e. The van der Waals surface area contributed by atoms with Crippen molar-refractivity contribution in [2.24, 2.45) is 0 Å². The molecule has 6 heteroatoms. The maximum Gasteiger partial charge on any atom is 0.411 e.